The highest BCUT2D eigenvalue weighted by Crippen LogP contribution is 2.05. The molecule has 0 saturated heterocycles. The Morgan fingerprint density at radius 2 is 2.21 bits per heavy atom. The molecule has 0 unspecified atom stereocenters. The number of rotatable bonds is 7. The van der Waals surface area contributed by atoms with Crippen LogP contribution in [0.5, 0.6) is 0 Å². The molecule has 0 saturated carbocycles. The maximum Gasteiger partial charge on any atom is 0.329 e. The molecular weight excluding hydrogens is 212 g/mol. The monoisotopic (exact) mass is 230 g/mol. The molecule has 0 aromatic carbocycles. The second-order valence-electron chi connectivity index (χ2n) is 3.57. The first-order chi connectivity index (χ1) is 6.52. The Hall–Kier alpha value is -0.396. The van der Waals surface area contributed by atoms with Crippen molar-refractivity contribution in [1.29, 1.82) is 0 Å². The summed E-state index contributed by atoms with van der Waals surface area (Å²) in [6.07, 6.45) is 2.72. The summed E-state index contributed by atoms with van der Waals surface area (Å²) in [5.41, 5.74) is 0. The van der Waals surface area contributed by atoms with Crippen LogP contribution >= 0.6 is 0 Å². The van der Waals surface area contributed by atoms with E-state index in [-0.39, 0.29) is 5.97 Å². The predicted octanol–water partition coefficient (Wildman–Crippen LogP) is 1.92. The van der Waals surface area contributed by atoms with Gasteiger partial charge in [-0.25, -0.2) is 4.79 Å². The molecule has 0 atom stereocenters. The van der Waals surface area contributed by atoms with Crippen LogP contribution in [-0.4, -0.2) is 30.3 Å². The lowest BCUT2D eigenvalue weighted by molar-refractivity contribution is -0.136. The number of carbonyl (C=O) groups is 1. The molecule has 0 aliphatic heterocycles. The van der Waals surface area contributed by atoms with Gasteiger partial charge in [0.25, 0.3) is 0 Å². The minimum Gasteiger partial charge on any atom is -0.463 e. The quantitative estimate of drug-likeness (QED) is 0.290. The molecule has 0 rings (SSSR count). The third kappa shape index (κ3) is 7.05. The fourth-order valence-electron chi connectivity index (χ4n) is 0.682. The van der Waals surface area contributed by atoms with Crippen molar-refractivity contribution in [3.63, 3.8) is 0 Å². The van der Waals surface area contributed by atoms with Crippen molar-refractivity contribution in [2.75, 3.05) is 6.23 Å². The number of ether oxygens (including phenoxy) is 1. The number of hydrogen-bond donors (Lipinski definition) is 0. The van der Waals surface area contributed by atoms with Crippen molar-refractivity contribution < 1.29 is 13.6 Å². The van der Waals surface area contributed by atoms with Gasteiger partial charge in [-0.3, -0.25) is 0 Å². The van der Waals surface area contributed by atoms with Crippen LogP contribution in [0.1, 0.15) is 13.3 Å². The molecule has 0 heterocycles. The van der Waals surface area contributed by atoms with Gasteiger partial charge < -0.3 is 8.85 Å². The molecule has 2 radical (unpaired) electrons. The Labute approximate surface area is 89.6 Å². The van der Waals surface area contributed by atoms with E-state index in [1.54, 1.807) is 0 Å². The molecule has 0 N–H and O–H groups in total. The molecule has 0 aromatic heterocycles. The molecule has 0 aromatic rings. The predicted molar refractivity (Wildman–Crippen MR) is 60.6 cm³/mol. The van der Waals surface area contributed by atoms with E-state index >= 15 is 0 Å². The summed E-state index contributed by atoms with van der Waals surface area (Å²) in [5.74, 6) is -0.368. The second-order valence-corrected chi connectivity index (χ2v) is 8.98. The topological polar surface area (TPSA) is 35.5 Å². The molecule has 0 aliphatic carbocycles. The van der Waals surface area contributed by atoms with E-state index in [1.807, 2.05) is 13.1 Å². The van der Waals surface area contributed by atoms with Crippen LogP contribution in [0.25, 0.3) is 0 Å². The summed E-state index contributed by atoms with van der Waals surface area (Å²) in [7, 11) is -1.27. The van der Waals surface area contributed by atoms with Gasteiger partial charge in [0.15, 0.2) is 0 Å². The highest BCUT2D eigenvalue weighted by Gasteiger charge is 2.23. The number of esters is 1. The Balaban J connectivity index is 3.70. The van der Waals surface area contributed by atoms with E-state index in [9.17, 15) is 4.79 Å². The van der Waals surface area contributed by atoms with Crippen molar-refractivity contribution in [1.82, 2.24) is 0 Å². The van der Waals surface area contributed by atoms with Gasteiger partial charge in [-0.15, -0.1) is 0 Å². The van der Waals surface area contributed by atoms with Crippen LogP contribution in [0.4, 0.5) is 0 Å². The van der Waals surface area contributed by atoms with E-state index in [0.29, 0.717) is 16.0 Å². The average molecular weight is 230 g/mol. The van der Waals surface area contributed by atoms with Crippen molar-refractivity contribution in [2.45, 2.75) is 32.5 Å². The summed E-state index contributed by atoms with van der Waals surface area (Å²) < 4.78 is 10.7. The zero-order chi connectivity index (χ0) is 11.0. The molecule has 80 valence electrons. The normalized spacial score (nSPS) is 11.1. The number of carbonyl (C=O) groups excluding carboxylic acids is 1. The van der Waals surface area contributed by atoms with E-state index in [2.05, 4.69) is 13.5 Å². The highest BCUT2D eigenvalue weighted by molar-refractivity contribution is 6.75. The molecular formula is C9H18O3Si2. The summed E-state index contributed by atoms with van der Waals surface area (Å²) in [6.45, 7) is 9.56. The van der Waals surface area contributed by atoms with Gasteiger partial charge in [-0.2, -0.15) is 0 Å². The summed E-state index contributed by atoms with van der Waals surface area (Å²) >= 11 is 0. The van der Waals surface area contributed by atoms with Crippen LogP contribution in [0.2, 0.25) is 19.1 Å². The Morgan fingerprint density at radius 3 is 2.71 bits per heavy atom. The molecule has 5 heteroatoms. The first-order valence-electron chi connectivity index (χ1n) is 4.72. The van der Waals surface area contributed by atoms with Gasteiger partial charge in [0, 0.05) is 6.08 Å². The summed E-state index contributed by atoms with van der Waals surface area (Å²) in [4.78, 5) is 10.8. The fourth-order valence-corrected chi connectivity index (χ4v) is 3.58. The second kappa shape index (κ2) is 6.97. The molecule has 14 heavy (non-hydrogen) atoms. The van der Waals surface area contributed by atoms with Gasteiger partial charge in [0.1, 0.15) is 6.23 Å². The maximum absolute atomic E-state index is 10.8. The number of hydrogen-bond acceptors (Lipinski definition) is 3. The molecule has 0 bridgehead atoms. The smallest absolute Gasteiger partial charge is 0.329 e. The molecule has 0 fully saturated rings. The molecule has 0 spiro atoms. The zero-order valence-corrected chi connectivity index (χ0v) is 11.1. The van der Waals surface area contributed by atoms with E-state index in [4.69, 9.17) is 8.85 Å². The average Bonchev–Trinajstić information content (AvgIpc) is 2.14. The minimum atomic E-state index is -1.80. The Bertz CT molecular complexity index is 192. The van der Waals surface area contributed by atoms with Crippen LogP contribution < -0.4 is 0 Å². The van der Waals surface area contributed by atoms with Gasteiger partial charge in [0.2, 0.25) is 18.1 Å². The summed E-state index contributed by atoms with van der Waals surface area (Å²) in [6, 6.07) is 1.09. The molecule has 0 aliphatic rings. The Kier molecular flexibility index (Phi) is 6.77. The maximum atomic E-state index is 10.8. The molecule has 3 nitrogen and oxygen atoms in total. The first kappa shape index (κ1) is 13.6. The van der Waals surface area contributed by atoms with Crippen LogP contribution in [0.3, 0.4) is 0 Å². The van der Waals surface area contributed by atoms with Crippen LogP contribution in [0, 0.1) is 0 Å². The van der Waals surface area contributed by atoms with E-state index < -0.39 is 8.32 Å². The lowest BCUT2D eigenvalue weighted by atomic mass is 10.6. The van der Waals surface area contributed by atoms with Gasteiger partial charge in [-0.1, -0.05) is 19.9 Å². The van der Waals surface area contributed by atoms with Gasteiger partial charge >= 0.3 is 5.97 Å². The first-order valence-corrected chi connectivity index (χ1v) is 8.95. The van der Waals surface area contributed by atoms with Crippen molar-refractivity contribution in [3.8, 4) is 0 Å². The SMILES string of the molecule is C=CC(=O)OC[Si](C)(C)O[Si]CCC. The van der Waals surface area contributed by atoms with Crippen LogP contribution in [0.15, 0.2) is 12.7 Å². The van der Waals surface area contributed by atoms with Gasteiger partial charge in [-0.05, 0) is 19.1 Å². The highest BCUT2D eigenvalue weighted by atomic mass is 28.4. The third-order valence-corrected chi connectivity index (χ3v) is 5.76. The minimum absolute atomic E-state index is 0.368. The zero-order valence-electron chi connectivity index (χ0n) is 9.13. The van der Waals surface area contributed by atoms with Crippen molar-refractivity contribution in [2.24, 2.45) is 0 Å². The summed E-state index contributed by atoms with van der Waals surface area (Å²) in [5, 5.41) is 0. The van der Waals surface area contributed by atoms with E-state index in [1.165, 1.54) is 6.08 Å². The van der Waals surface area contributed by atoms with Crippen molar-refractivity contribution >= 4 is 24.0 Å². The largest absolute Gasteiger partial charge is 0.463 e. The third-order valence-electron chi connectivity index (χ3n) is 1.43. The van der Waals surface area contributed by atoms with Crippen molar-refractivity contribution in [3.05, 3.63) is 12.7 Å². The van der Waals surface area contributed by atoms with Crippen LogP contribution in [-0.2, 0) is 13.6 Å². The van der Waals surface area contributed by atoms with Gasteiger partial charge in [0.05, 0.1) is 0 Å². The lowest BCUT2D eigenvalue weighted by Crippen LogP contribution is -2.39. The Morgan fingerprint density at radius 1 is 1.57 bits per heavy atom. The van der Waals surface area contributed by atoms with E-state index in [0.717, 1.165) is 12.5 Å². The molecule has 0 amide bonds. The standard InChI is InChI=1S/C9H18O3Si2/c1-5-7-13-12-14(3,4)8-11-9(10)6-2/h6H,2,5,7-8H2,1,3-4H3. The fraction of sp³-hybridized carbons (Fsp3) is 0.667. The lowest BCUT2D eigenvalue weighted by Gasteiger charge is -2.21.